The number of hydrogen-bond acceptors (Lipinski definition) is 5. The van der Waals surface area contributed by atoms with E-state index in [0.717, 1.165) is 27.9 Å². The quantitative estimate of drug-likeness (QED) is 0.666. The van der Waals surface area contributed by atoms with Crippen LogP contribution in [0.1, 0.15) is 32.9 Å². The number of benzene rings is 1. The summed E-state index contributed by atoms with van der Waals surface area (Å²) in [5.41, 5.74) is 6.53. The Balaban J connectivity index is 1.56. The Hall–Kier alpha value is -3.48. The second kappa shape index (κ2) is 7.03. The number of carbonyl (C=O) groups excluding carboxylic acids is 1. The molecule has 0 bridgehead atoms. The summed E-state index contributed by atoms with van der Waals surface area (Å²) < 4.78 is 0. The van der Waals surface area contributed by atoms with Gasteiger partial charge in [-0.3, -0.25) is 9.79 Å². The lowest BCUT2D eigenvalue weighted by Gasteiger charge is -2.11. The molecule has 0 fully saturated rings. The number of aliphatic imine (C=N–C) groups is 1. The number of nitrogens with one attached hydrogen (secondary N) is 3. The maximum atomic E-state index is 12.4. The molecule has 0 saturated carbocycles. The van der Waals surface area contributed by atoms with Crippen LogP contribution >= 0.6 is 0 Å². The fourth-order valence-electron chi connectivity index (χ4n) is 3.19. The summed E-state index contributed by atoms with van der Waals surface area (Å²) in [6.07, 6.45) is 6.76. The van der Waals surface area contributed by atoms with Crippen LogP contribution < -0.4 is 10.6 Å². The minimum Gasteiger partial charge on any atom is -0.365 e. The molecule has 1 amide bonds. The minimum atomic E-state index is -0.171. The third kappa shape index (κ3) is 3.31. The molecule has 0 atom stereocenters. The molecule has 7 nitrogen and oxygen atoms in total. The number of amides is 1. The first-order chi connectivity index (χ1) is 13.1. The second-order valence-corrected chi connectivity index (χ2v) is 6.46. The van der Waals surface area contributed by atoms with Crippen LogP contribution in [0.3, 0.4) is 0 Å². The van der Waals surface area contributed by atoms with Crippen LogP contribution in [0.4, 0.5) is 0 Å². The fourth-order valence-corrected chi connectivity index (χ4v) is 3.19. The first-order valence-corrected chi connectivity index (χ1v) is 8.74. The van der Waals surface area contributed by atoms with Gasteiger partial charge in [0.2, 0.25) is 0 Å². The Kier molecular flexibility index (Phi) is 4.42. The van der Waals surface area contributed by atoms with Crippen LogP contribution in [-0.2, 0) is 6.54 Å². The van der Waals surface area contributed by atoms with Crippen LogP contribution in [0.15, 0.2) is 41.8 Å². The van der Waals surface area contributed by atoms with Gasteiger partial charge in [-0.25, -0.2) is 9.97 Å². The van der Waals surface area contributed by atoms with Gasteiger partial charge in [0.1, 0.15) is 13.0 Å². The SMILES string of the molecule is Cc1ncncc1C(=O)NCc1ccc2[nH]c(C3=CC=NCN3)c(C)c2c1. The van der Waals surface area contributed by atoms with Crippen LogP contribution in [-0.4, -0.2) is 33.7 Å². The highest BCUT2D eigenvalue weighted by atomic mass is 16.1. The number of allylic oxidation sites excluding steroid dienone is 1. The van der Waals surface area contributed by atoms with E-state index in [2.05, 4.69) is 43.6 Å². The van der Waals surface area contributed by atoms with Crippen molar-refractivity contribution in [3.05, 3.63) is 64.9 Å². The van der Waals surface area contributed by atoms with E-state index in [1.54, 1.807) is 6.92 Å². The lowest BCUT2D eigenvalue weighted by Crippen LogP contribution is -2.24. The zero-order valence-electron chi connectivity index (χ0n) is 15.2. The number of rotatable bonds is 4. The molecule has 0 unspecified atom stereocenters. The zero-order valence-corrected chi connectivity index (χ0v) is 15.2. The zero-order chi connectivity index (χ0) is 18.8. The molecule has 7 heteroatoms. The number of hydrogen-bond donors (Lipinski definition) is 3. The van der Waals surface area contributed by atoms with Crippen molar-refractivity contribution < 1.29 is 4.79 Å². The van der Waals surface area contributed by atoms with Gasteiger partial charge in [-0.2, -0.15) is 0 Å². The van der Waals surface area contributed by atoms with E-state index in [1.807, 2.05) is 24.4 Å². The third-order valence-corrected chi connectivity index (χ3v) is 4.71. The van der Waals surface area contributed by atoms with Gasteiger partial charge < -0.3 is 15.6 Å². The van der Waals surface area contributed by atoms with Crippen LogP contribution in [0, 0.1) is 13.8 Å². The maximum Gasteiger partial charge on any atom is 0.254 e. The van der Waals surface area contributed by atoms with Crippen molar-refractivity contribution in [3.63, 3.8) is 0 Å². The molecule has 1 aliphatic heterocycles. The summed E-state index contributed by atoms with van der Waals surface area (Å²) >= 11 is 0. The van der Waals surface area contributed by atoms with Crippen molar-refractivity contribution in [2.75, 3.05) is 6.67 Å². The highest BCUT2D eigenvalue weighted by Crippen LogP contribution is 2.27. The summed E-state index contributed by atoms with van der Waals surface area (Å²) in [5.74, 6) is -0.171. The van der Waals surface area contributed by atoms with Crippen molar-refractivity contribution in [2.45, 2.75) is 20.4 Å². The smallest absolute Gasteiger partial charge is 0.254 e. The predicted molar refractivity (Wildman–Crippen MR) is 105 cm³/mol. The highest BCUT2D eigenvalue weighted by Gasteiger charge is 2.14. The van der Waals surface area contributed by atoms with Crippen molar-refractivity contribution in [2.24, 2.45) is 4.99 Å². The molecule has 4 rings (SSSR count). The molecule has 0 aliphatic carbocycles. The molecular weight excluding hydrogens is 340 g/mol. The van der Waals surface area contributed by atoms with Crippen LogP contribution in [0.5, 0.6) is 0 Å². The number of aromatic nitrogens is 3. The molecule has 2 aromatic heterocycles. The average molecular weight is 360 g/mol. The summed E-state index contributed by atoms with van der Waals surface area (Å²) in [6, 6.07) is 6.17. The number of aromatic amines is 1. The van der Waals surface area contributed by atoms with Gasteiger partial charge >= 0.3 is 0 Å². The van der Waals surface area contributed by atoms with Crippen LogP contribution in [0.2, 0.25) is 0 Å². The van der Waals surface area contributed by atoms with E-state index < -0.39 is 0 Å². The van der Waals surface area contributed by atoms with E-state index in [-0.39, 0.29) is 5.91 Å². The molecule has 0 saturated heterocycles. The molecule has 3 heterocycles. The van der Waals surface area contributed by atoms with E-state index in [9.17, 15) is 4.79 Å². The Bertz CT molecular complexity index is 1080. The Morgan fingerprint density at radius 2 is 2.19 bits per heavy atom. The lowest BCUT2D eigenvalue weighted by atomic mass is 10.1. The van der Waals surface area contributed by atoms with E-state index in [4.69, 9.17) is 0 Å². The van der Waals surface area contributed by atoms with E-state index in [1.165, 1.54) is 18.1 Å². The normalized spacial score (nSPS) is 13.3. The predicted octanol–water partition coefficient (Wildman–Crippen LogP) is 2.48. The van der Waals surface area contributed by atoms with Gasteiger partial charge in [-0.1, -0.05) is 6.07 Å². The second-order valence-electron chi connectivity index (χ2n) is 6.46. The van der Waals surface area contributed by atoms with E-state index >= 15 is 0 Å². The summed E-state index contributed by atoms with van der Waals surface area (Å²) in [5, 5.41) is 7.36. The van der Waals surface area contributed by atoms with Crippen molar-refractivity contribution >= 4 is 28.7 Å². The summed E-state index contributed by atoms with van der Waals surface area (Å²) in [6.45, 7) is 4.92. The number of fused-ring (bicyclic) bond motifs is 1. The van der Waals surface area contributed by atoms with Crippen molar-refractivity contribution in [1.82, 2.24) is 25.6 Å². The molecular formula is C20H20N6O. The average Bonchev–Trinajstić information content (AvgIpc) is 3.03. The van der Waals surface area contributed by atoms with Crippen LogP contribution in [0.25, 0.3) is 16.6 Å². The Morgan fingerprint density at radius 3 is 2.96 bits per heavy atom. The molecule has 0 radical (unpaired) electrons. The molecule has 1 aromatic carbocycles. The first-order valence-electron chi connectivity index (χ1n) is 8.74. The topological polar surface area (TPSA) is 95.1 Å². The van der Waals surface area contributed by atoms with Gasteiger partial charge in [-0.15, -0.1) is 0 Å². The van der Waals surface area contributed by atoms with Crippen molar-refractivity contribution in [3.8, 4) is 0 Å². The molecule has 1 aliphatic rings. The van der Waals surface area contributed by atoms with Crippen molar-refractivity contribution in [1.29, 1.82) is 0 Å². The molecule has 136 valence electrons. The molecule has 0 spiro atoms. The Morgan fingerprint density at radius 1 is 1.30 bits per heavy atom. The maximum absolute atomic E-state index is 12.4. The number of carbonyl (C=O) groups is 1. The Labute approximate surface area is 156 Å². The molecule has 27 heavy (non-hydrogen) atoms. The largest absolute Gasteiger partial charge is 0.365 e. The summed E-state index contributed by atoms with van der Waals surface area (Å²) in [4.78, 5) is 27.9. The van der Waals surface area contributed by atoms with E-state index in [0.29, 0.717) is 24.5 Å². The van der Waals surface area contributed by atoms with Gasteiger partial charge in [0.25, 0.3) is 5.91 Å². The standard InChI is InChI=1S/C20H20N6O/c1-12-15-7-14(8-23-20(27)16-9-22-11-24-13(16)2)3-4-17(15)26-19(12)18-5-6-21-10-25-18/h3-7,9,11,25-26H,8,10H2,1-2H3,(H,23,27). The number of H-pyrrole nitrogens is 1. The van der Waals surface area contributed by atoms with Gasteiger partial charge in [-0.05, 0) is 43.2 Å². The van der Waals surface area contributed by atoms with Gasteiger partial charge in [0.05, 0.1) is 22.6 Å². The highest BCUT2D eigenvalue weighted by molar-refractivity contribution is 5.95. The lowest BCUT2D eigenvalue weighted by molar-refractivity contribution is 0.0949. The third-order valence-electron chi connectivity index (χ3n) is 4.71. The van der Waals surface area contributed by atoms with Gasteiger partial charge in [0.15, 0.2) is 0 Å². The molecule has 3 N–H and O–H groups in total. The number of aryl methyl sites for hydroxylation is 2. The fraction of sp³-hybridized carbons (Fsp3) is 0.200. The van der Waals surface area contributed by atoms with Gasteiger partial charge in [0, 0.05) is 29.9 Å². The minimum absolute atomic E-state index is 0.171. The summed E-state index contributed by atoms with van der Waals surface area (Å²) in [7, 11) is 0. The monoisotopic (exact) mass is 360 g/mol. The molecule has 3 aromatic rings. The number of nitrogens with zero attached hydrogens (tertiary/aromatic N) is 3. The first kappa shape index (κ1) is 17.0.